The van der Waals surface area contributed by atoms with Crippen LogP contribution in [0, 0.1) is 17.5 Å². The summed E-state index contributed by atoms with van der Waals surface area (Å²) >= 11 is 0. The van der Waals surface area contributed by atoms with Crippen molar-refractivity contribution < 1.29 is 18.0 Å². The number of amides is 1. The zero-order valence-electron chi connectivity index (χ0n) is 9.60. The van der Waals surface area contributed by atoms with Gasteiger partial charge < -0.3 is 10.6 Å². The average molecular weight is 258 g/mol. The third-order valence-electron chi connectivity index (χ3n) is 2.92. The van der Waals surface area contributed by atoms with Gasteiger partial charge >= 0.3 is 0 Å². The predicted molar refractivity (Wildman–Crippen MR) is 60.6 cm³/mol. The summed E-state index contributed by atoms with van der Waals surface area (Å²) in [6, 6.07) is 1.38. The van der Waals surface area contributed by atoms with Crippen molar-refractivity contribution in [3.8, 4) is 0 Å². The number of hydrogen-bond acceptors (Lipinski definition) is 2. The Morgan fingerprint density at radius 3 is 2.67 bits per heavy atom. The molecule has 1 aromatic carbocycles. The quantitative estimate of drug-likeness (QED) is 0.798. The van der Waals surface area contributed by atoms with Crippen LogP contribution >= 0.6 is 0 Å². The first-order chi connectivity index (χ1) is 8.59. The van der Waals surface area contributed by atoms with Gasteiger partial charge in [0.1, 0.15) is 0 Å². The van der Waals surface area contributed by atoms with Gasteiger partial charge in [0.25, 0.3) is 0 Å². The van der Waals surface area contributed by atoms with Crippen LogP contribution in [-0.2, 0) is 4.79 Å². The maximum Gasteiger partial charge on any atom is 0.241 e. The van der Waals surface area contributed by atoms with Crippen molar-refractivity contribution in [1.82, 2.24) is 5.32 Å². The molecule has 1 amide bonds. The molecule has 1 aliphatic heterocycles. The molecule has 2 rings (SSSR count). The normalized spacial score (nSPS) is 19.6. The Hall–Kier alpha value is -1.56. The van der Waals surface area contributed by atoms with Gasteiger partial charge in [0.2, 0.25) is 5.91 Å². The summed E-state index contributed by atoms with van der Waals surface area (Å²) in [5.74, 6) is -4.66. The Morgan fingerprint density at radius 2 is 2.00 bits per heavy atom. The Balaban J connectivity index is 2.09. The van der Waals surface area contributed by atoms with Gasteiger partial charge in [-0.05, 0) is 31.5 Å². The Morgan fingerprint density at radius 1 is 1.22 bits per heavy atom. The summed E-state index contributed by atoms with van der Waals surface area (Å²) in [4.78, 5) is 11.8. The minimum atomic E-state index is -1.58. The molecule has 1 heterocycles. The molecule has 2 N–H and O–H groups in total. The first kappa shape index (κ1) is 12.9. The maximum atomic E-state index is 13.3. The number of halogens is 3. The van der Waals surface area contributed by atoms with E-state index >= 15 is 0 Å². The van der Waals surface area contributed by atoms with Gasteiger partial charge in [-0.15, -0.1) is 0 Å². The van der Waals surface area contributed by atoms with Crippen molar-refractivity contribution in [2.75, 3.05) is 11.9 Å². The molecule has 1 fully saturated rings. The van der Waals surface area contributed by atoms with Crippen LogP contribution < -0.4 is 10.6 Å². The second-order valence-electron chi connectivity index (χ2n) is 4.21. The van der Waals surface area contributed by atoms with Crippen molar-refractivity contribution in [3.63, 3.8) is 0 Å². The molecule has 1 aromatic rings. The van der Waals surface area contributed by atoms with Crippen LogP contribution in [0.15, 0.2) is 12.1 Å². The zero-order valence-corrected chi connectivity index (χ0v) is 9.60. The molecule has 0 spiro atoms. The number of anilines is 1. The van der Waals surface area contributed by atoms with E-state index in [9.17, 15) is 18.0 Å². The topological polar surface area (TPSA) is 41.1 Å². The fourth-order valence-electron chi connectivity index (χ4n) is 1.92. The number of nitrogens with one attached hydrogen (secondary N) is 2. The zero-order chi connectivity index (χ0) is 13.1. The molecular weight excluding hydrogens is 245 g/mol. The molecule has 1 saturated heterocycles. The minimum absolute atomic E-state index is 0.341. The molecule has 0 radical (unpaired) electrons. The molecule has 98 valence electrons. The van der Waals surface area contributed by atoms with Crippen molar-refractivity contribution in [1.29, 1.82) is 0 Å². The second kappa shape index (κ2) is 5.39. The van der Waals surface area contributed by atoms with E-state index in [1.807, 2.05) is 0 Å². The lowest BCUT2D eigenvalue weighted by Crippen LogP contribution is -2.43. The van der Waals surface area contributed by atoms with Gasteiger partial charge in [0.05, 0.1) is 11.7 Å². The maximum absolute atomic E-state index is 13.3. The first-order valence-corrected chi connectivity index (χ1v) is 5.77. The lowest BCUT2D eigenvalue weighted by atomic mass is 10.0. The number of piperidine rings is 1. The van der Waals surface area contributed by atoms with Gasteiger partial charge in [-0.3, -0.25) is 4.79 Å². The van der Waals surface area contributed by atoms with Gasteiger partial charge in [-0.1, -0.05) is 6.42 Å². The third kappa shape index (κ3) is 2.64. The highest BCUT2D eigenvalue weighted by molar-refractivity contribution is 5.95. The summed E-state index contributed by atoms with van der Waals surface area (Å²) < 4.78 is 39.0. The second-order valence-corrected chi connectivity index (χ2v) is 4.21. The molecule has 1 atom stereocenters. The van der Waals surface area contributed by atoms with Crippen LogP contribution in [0.25, 0.3) is 0 Å². The van der Waals surface area contributed by atoms with Crippen LogP contribution in [0.5, 0.6) is 0 Å². The minimum Gasteiger partial charge on any atom is -0.322 e. The highest BCUT2D eigenvalue weighted by Gasteiger charge is 2.22. The Labute approximate surface area is 102 Å². The number of carbonyl (C=O) groups excluding carboxylic acids is 1. The van der Waals surface area contributed by atoms with Crippen molar-refractivity contribution in [2.45, 2.75) is 25.3 Å². The SMILES string of the molecule is O=C(Nc1ccc(F)c(F)c1F)C1CCCCN1. The van der Waals surface area contributed by atoms with E-state index in [-0.39, 0.29) is 5.69 Å². The fraction of sp³-hybridized carbons (Fsp3) is 0.417. The van der Waals surface area contributed by atoms with Crippen LogP contribution in [0.2, 0.25) is 0 Å². The van der Waals surface area contributed by atoms with Crippen LogP contribution in [0.4, 0.5) is 18.9 Å². The van der Waals surface area contributed by atoms with E-state index in [0.717, 1.165) is 31.5 Å². The fourth-order valence-corrected chi connectivity index (χ4v) is 1.92. The van der Waals surface area contributed by atoms with Crippen LogP contribution in [0.3, 0.4) is 0 Å². The van der Waals surface area contributed by atoms with E-state index in [2.05, 4.69) is 10.6 Å². The highest BCUT2D eigenvalue weighted by Crippen LogP contribution is 2.20. The van der Waals surface area contributed by atoms with E-state index in [1.165, 1.54) is 0 Å². The van der Waals surface area contributed by atoms with Gasteiger partial charge in [-0.2, -0.15) is 0 Å². The number of benzene rings is 1. The lowest BCUT2D eigenvalue weighted by Gasteiger charge is -2.22. The predicted octanol–water partition coefficient (Wildman–Crippen LogP) is 2.18. The van der Waals surface area contributed by atoms with Crippen molar-refractivity contribution >= 4 is 11.6 Å². The molecule has 1 aliphatic rings. The van der Waals surface area contributed by atoms with Crippen molar-refractivity contribution in [3.05, 3.63) is 29.6 Å². The number of carbonyl (C=O) groups is 1. The molecule has 0 aromatic heterocycles. The van der Waals surface area contributed by atoms with E-state index in [0.29, 0.717) is 6.42 Å². The van der Waals surface area contributed by atoms with Crippen LogP contribution in [0.1, 0.15) is 19.3 Å². The number of rotatable bonds is 2. The summed E-state index contributed by atoms with van der Waals surface area (Å²) in [5, 5.41) is 5.25. The molecule has 0 aliphatic carbocycles. The molecule has 0 saturated carbocycles. The lowest BCUT2D eigenvalue weighted by molar-refractivity contribution is -0.118. The van der Waals surface area contributed by atoms with Gasteiger partial charge in [0, 0.05) is 0 Å². The standard InChI is InChI=1S/C12H13F3N2O/c13-7-4-5-8(11(15)10(7)14)17-12(18)9-3-1-2-6-16-9/h4-5,9,16H,1-3,6H2,(H,17,18). The summed E-state index contributed by atoms with van der Waals surface area (Å²) in [6.45, 7) is 0.721. The summed E-state index contributed by atoms with van der Waals surface area (Å²) in [7, 11) is 0. The molecule has 0 bridgehead atoms. The summed E-state index contributed by atoms with van der Waals surface area (Å²) in [5.41, 5.74) is -0.341. The largest absolute Gasteiger partial charge is 0.322 e. The van der Waals surface area contributed by atoms with E-state index < -0.39 is 29.4 Å². The first-order valence-electron chi connectivity index (χ1n) is 5.77. The Bertz CT molecular complexity index is 459. The third-order valence-corrected chi connectivity index (χ3v) is 2.92. The highest BCUT2D eigenvalue weighted by atomic mass is 19.2. The molecule has 3 nitrogen and oxygen atoms in total. The average Bonchev–Trinajstić information content (AvgIpc) is 2.40. The van der Waals surface area contributed by atoms with Gasteiger partial charge in [-0.25, -0.2) is 13.2 Å². The van der Waals surface area contributed by atoms with Gasteiger partial charge in [0.15, 0.2) is 17.5 Å². The molecule has 6 heteroatoms. The molecular formula is C12H13F3N2O. The van der Waals surface area contributed by atoms with Crippen LogP contribution in [-0.4, -0.2) is 18.5 Å². The van der Waals surface area contributed by atoms with E-state index in [4.69, 9.17) is 0 Å². The van der Waals surface area contributed by atoms with Crippen molar-refractivity contribution in [2.24, 2.45) is 0 Å². The molecule has 18 heavy (non-hydrogen) atoms. The smallest absolute Gasteiger partial charge is 0.241 e. The van der Waals surface area contributed by atoms with E-state index in [1.54, 1.807) is 0 Å². The Kier molecular flexibility index (Phi) is 3.86. The summed E-state index contributed by atoms with van der Waals surface area (Å²) in [6.07, 6.45) is 2.55. The monoisotopic (exact) mass is 258 g/mol. The number of hydrogen-bond donors (Lipinski definition) is 2. The molecule has 1 unspecified atom stereocenters.